The molecule has 1 aliphatic heterocycles. The number of halogens is 1. The number of amides is 2. The lowest BCUT2D eigenvalue weighted by Gasteiger charge is -2.17. The number of carbonyl (C=O) groups is 3. The minimum Gasteiger partial charge on any atom is -0.466 e. The van der Waals surface area contributed by atoms with Crippen LogP contribution in [0.15, 0.2) is 22.7 Å². The number of esters is 1. The summed E-state index contributed by atoms with van der Waals surface area (Å²) in [5.74, 6) is -1.51. The third-order valence-electron chi connectivity index (χ3n) is 3.03. The van der Waals surface area contributed by atoms with Gasteiger partial charge in [-0.25, -0.2) is 0 Å². The van der Waals surface area contributed by atoms with Crippen LogP contribution in [0.4, 0.5) is 0 Å². The van der Waals surface area contributed by atoms with Gasteiger partial charge in [0.05, 0.1) is 36.8 Å². The van der Waals surface area contributed by atoms with Crippen molar-refractivity contribution in [1.29, 1.82) is 0 Å². The van der Waals surface area contributed by atoms with Crippen molar-refractivity contribution in [3.05, 3.63) is 33.8 Å². The van der Waals surface area contributed by atoms with Gasteiger partial charge in [-0.1, -0.05) is 15.9 Å². The van der Waals surface area contributed by atoms with Crippen molar-refractivity contribution in [2.45, 2.75) is 19.4 Å². The second-order valence-electron chi connectivity index (χ2n) is 4.57. The predicted octanol–water partition coefficient (Wildman–Crippen LogP) is 1.36. The van der Waals surface area contributed by atoms with Gasteiger partial charge in [-0.2, -0.15) is 0 Å². The lowest BCUT2D eigenvalue weighted by atomic mass is 10.1. The highest BCUT2D eigenvalue weighted by Gasteiger charge is 2.36. The molecule has 0 bridgehead atoms. The number of ether oxygens (including phenoxy) is 1. The van der Waals surface area contributed by atoms with Crippen molar-refractivity contribution in [3.63, 3.8) is 0 Å². The minimum absolute atomic E-state index is 0.215. The average Bonchev–Trinajstić information content (AvgIpc) is 2.64. The summed E-state index contributed by atoms with van der Waals surface area (Å²) in [4.78, 5) is 36.5. The van der Waals surface area contributed by atoms with Gasteiger partial charge in [0, 0.05) is 4.47 Å². The van der Waals surface area contributed by atoms with Crippen LogP contribution >= 0.6 is 15.9 Å². The van der Waals surface area contributed by atoms with Crippen LogP contribution in [0.25, 0.3) is 0 Å². The first-order chi connectivity index (χ1) is 9.93. The van der Waals surface area contributed by atoms with Gasteiger partial charge >= 0.3 is 5.97 Å². The van der Waals surface area contributed by atoms with Crippen LogP contribution in [0.1, 0.15) is 34.1 Å². The molecular weight excluding hydrogens is 342 g/mol. The molecule has 0 radical (unpaired) electrons. The summed E-state index contributed by atoms with van der Waals surface area (Å²) in [6.45, 7) is 1.64. The molecular formula is C14H14BrNO5. The first kappa shape index (κ1) is 15.7. The zero-order valence-corrected chi connectivity index (χ0v) is 12.9. The van der Waals surface area contributed by atoms with E-state index in [9.17, 15) is 19.5 Å². The van der Waals surface area contributed by atoms with Gasteiger partial charge in [0.2, 0.25) is 0 Å². The molecule has 1 heterocycles. The molecule has 1 N–H and O–H groups in total. The van der Waals surface area contributed by atoms with E-state index < -0.39 is 23.9 Å². The van der Waals surface area contributed by atoms with Crippen molar-refractivity contribution in [2.75, 3.05) is 13.2 Å². The van der Waals surface area contributed by atoms with E-state index in [4.69, 9.17) is 4.74 Å². The third kappa shape index (κ3) is 3.30. The van der Waals surface area contributed by atoms with E-state index in [1.54, 1.807) is 25.1 Å². The molecule has 2 amide bonds. The Kier molecular flexibility index (Phi) is 4.74. The fraction of sp³-hybridized carbons (Fsp3) is 0.357. The van der Waals surface area contributed by atoms with Crippen LogP contribution in [-0.2, 0) is 9.53 Å². The van der Waals surface area contributed by atoms with E-state index >= 15 is 0 Å². The van der Waals surface area contributed by atoms with Crippen molar-refractivity contribution in [1.82, 2.24) is 4.90 Å². The molecule has 1 aliphatic rings. The van der Waals surface area contributed by atoms with Crippen LogP contribution in [-0.4, -0.2) is 47.0 Å². The molecule has 0 aromatic heterocycles. The Balaban J connectivity index is 2.08. The summed E-state index contributed by atoms with van der Waals surface area (Å²) >= 11 is 3.24. The molecule has 6 nitrogen and oxygen atoms in total. The quantitative estimate of drug-likeness (QED) is 0.636. The van der Waals surface area contributed by atoms with E-state index in [-0.39, 0.29) is 25.1 Å². The van der Waals surface area contributed by atoms with E-state index in [1.165, 1.54) is 0 Å². The van der Waals surface area contributed by atoms with Gasteiger partial charge in [-0.05, 0) is 25.1 Å². The number of fused-ring (bicyclic) bond motifs is 1. The Hall–Kier alpha value is -1.73. The third-order valence-corrected chi connectivity index (χ3v) is 3.53. The highest BCUT2D eigenvalue weighted by atomic mass is 79.9. The zero-order valence-electron chi connectivity index (χ0n) is 11.3. The summed E-state index contributed by atoms with van der Waals surface area (Å²) in [5.41, 5.74) is 0.587. The summed E-state index contributed by atoms with van der Waals surface area (Å²) < 4.78 is 5.41. The van der Waals surface area contributed by atoms with Crippen molar-refractivity contribution >= 4 is 33.7 Å². The molecule has 1 atom stereocenters. The molecule has 0 saturated heterocycles. The highest BCUT2D eigenvalue weighted by molar-refractivity contribution is 9.10. The SMILES string of the molecule is CCOC(=O)CC(O)CN1C(=O)c2ccc(Br)cc2C1=O. The highest BCUT2D eigenvalue weighted by Crippen LogP contribution is 2.26. The normalized spacial score (nSPS) is 15.1. The zero-order chi connectivity index (χ0) is 15.6. The van der Waals surface area contributed by atoms with Gasteiger partial charge in [-0.15, -0.1) is 0 Å². The Labute approximate surface area is 129 Å². The van der Waals surface area contributed by atoms with Crippen LogP contribution in [0, 0.1) is 0 Å². The fourth-order valence-electron chi connectivity index (χ4n) is 2.12. The molecule has 21 heavy (non-hydrogen) atoms. The van der Waals surface area contributed by atoms with Crippen LogP contribution < -0.4 is 0 Å². The van der Waals surface area contributed by atoms with Gasteiger partial charge in [0.1, 0.15) is 0 Å². The number of hydrogen-bond donors (Lipinski definition) is 1. The average molecular weight is 356 g/mol. The molecule has 112 valence electrons. The molecule has 2 rings (SSSR count). The second kappa shape index (κ2) is 6.36. The number of hydrogen-bond acceptors (Lipinski definition) is 5. The summed E-state index contributed by atoms with van der Waals surface area (Å²) in [6, 6.07) is 4.78. The summed E-state index contributed by atoms with van der Waals surface area (Å²) in [6.07, 6.45) is -1.40. The van der Waals surface area contributed by atoms with Gasteiger partial charge in [-0.3, -0.25) is 19.3 Å². The maximum atomic E-state index is 12.2. The second-order valence-corrected chi connectivity index (χ2v) is 5.49. The van der Waals surface area contributed by atoms with E-state index in [0.29, 0.717) is 10.0 Å². The predicted molar refractivity (Wildman–Crippen MR) is 76.8 cm³/mol. The van der Waals surface area contributed by atoms with E-state index in [0.717, 1.165) is 4.90 Å². The molecule has 7 heteroatoms. The molecule has 0 aliphatic carbocycles. The van der Waals surface area contributed by atoms with Crippen LogP contribution in [0.2, 0.25) is 0 Å². The molecule has 1 unspecified atom stereocenters. The number of imide groups is 1. The first-order valence-electron chi connectivity index (χ1n) is 6.43. The molecule has 1 aromatic rings. The van der Waals surface area contributed by atoms with Crippen LogP contribution in [0.3, 0.4) is 0 Å². The molecule has 1 aromatic carbocycles. The largest absolute Gasteiger partial charge is 0.466 e. The Morgan fingerprint density at radius 3 is 2.67 bits per heavy atom. The standard InChI is InChI=1S/C14H14BrNO5/c1-2-21-12(18)6-9(17)7-16-13(19)10-4-3-8(15)5-11(10)14(16)20/h3-5,9,17H,2,6-7H2,1H3. The van der Waals surface area contributed by atoms with Crippen molar-refractivity contribution < 1.29 is 24.2 Å². The number of rotatable bonds is 5. The summed E-state index contributed by atoms with van der Waals surface area (Å²) in [5, 5.41) is 9.82. The van der Waals surface area contributed by atoms with Crippen molar-refractivity contribution in [2.24, 2.45) is 0 Å². The van der Waals surface area contributed by atoms with E-state index in [2.05, 4.69) is 15.9 Å². The smallest absolute Gasteiger partial charge is 0.308 e. The van der Waals surface area contributed by atoms with Gasteiger partial charge < -0.3 is 9.84 Å². The fourth-order valence-corrected chi connectivity index (χ4v) is 2.48. The van der Waals surface area contributed by atoms with E-state index in [1.807, 2.05) is 0 Å². The molecule has 0 fully saturated rings. The monoisotopic (exact) mass is 355 g/mol. The molecule has 0 saturated carbocycles. The molecule has 0 spiro atoms. The number of aliphatic hydroxyl groups is 1. The lowest BCUT2D eigenvalue weighted by molar-refractivity contribution is -0.145. The number of β-amino-alcohol motifs (C(OH)–C–C–N with tert-alkyl or cyclic N) is 1. The Morgan fingerprint density at radius 1 is 1.33 bits per heavy atom. The van der Waals surface area contributed by atoms with Crippen molar-refractivity contribution in [3.8, 4) is 0 Å². The van der Waals surface area contributed by atoms with Gasteiger partial charge in [0.25, 0.3) is 11.8 Å². The Morgan fingerprint density at radius 2 is 2.00 bits per heavy atom. The Bertz CT molecular complexity index is 601. The first-order valence-corrected chi connectivity index (χ1v) is 7.22. The van der Waals surface area contributed by atoms with Gasteiger partial charge in [0.15, 0.2) is 0 Å². The maximum absolute atomic E-state index is 12.2. The number of benzene rings is 1. The number of carbonyl (C=O) groups excluding carboxylic acids is 3. The summed E-state index contributed by atoms with van der Waals surface area (Å²) in [7, 11) is 0. The number of nitrogens with zero attached hydrogens (tertiary/aromatic N) is 1. The topological polar surface area (TPSA) is 83.9 Å². The number of aliphatic hydroxyl groups excluding tert-OH is 1. The lowest BCUT2D eigenvalue weighted by Crippen LogP contribution is -2.37. The maximum Gasteiger partial charge on any atom is 0.308 e. The van der Waals surface area contributed by atoms with Crippen LogP contribution in [0.5, 0.6) is 0 Å². The minimum atomic E-state index is -1.14.